The highest BCUT2D eigenvalue weighted by Crippen LogP contribution is 2.11. The lowest BCUT2D eigenvalue weighted by atomic mass is 9.96. The monoisotopic (exact) mass is 372 g/mol. The third kappa shape index (κ3) is 10.6. The van der Waals surface area contributed by atoms with Crippen LogP contribution in [0.3, 0.4) is 0 Å². The van der Waals surface area contributed by atoms with E-state index in [9.17, 15) is 4.79 Å². The van der Waals surface area contributed by atoms with Crippen molar-refractivity contribution >= 4 is 35.8 Å². The van der Waals surface area contributed by atoms with Crippen LogP contribution in [0.1, 0.15) is 20.8 Å². The topological polar surface area (TPSA) is 88.7 Å². The number of nitrogens with zero attached hydrogens (tertiary/aromatic N) is 1. The Balaban J connectivity index is 0. The van der Waals surface area contributed by atoms with Crippen molar-refractivity contribution in [2.24, 2.45) is 16.1 Å². The molecule has 0 aliphatic heterocycles. The molecule has 0 aromatic rings. The van der Waals surface area contributed by atoms with Gasteiger partial charge in [-0.25, -0.2) is 0 Å². The molecule has 7 heteroatoms. The van der Waals surface area contributed by atoms with Crippen molar-refractivity contribution < 1.29 is 9.53 Å². The number of carbonyl (C=O) groups is 1. The van der Waals surface area contributed by atoms with Crippen molar-refractivity contribution in [3.8, 4) is 0 Å². The highest BCUT2D eigenvalue weighted by Gasteiger charge is 2.19. The summed E-state index contributed by atoms with van der Waals surface area (Å²) in [6, 6.07) is 0. The lowest BCUT2D eigenvalue weighted by Gasteiger charge is -2.17. The van der Waals surface area contributed by atoms with E-state index in [1.165, 1.54) is 0 Å². The quantitative estimate of drug-likeness (QED) is 0.271. The third-order valence-corrected chi connectivity index (χ3v) is 1.98. The summed E-state index contributed by atoms with van der Waals surface area (Å²) >= 11 is 0. The van der Waals surface area contributed by atoms with E-state index < -0.39 is 0 Å². The van der Waals surface area contributed by atoms with Gasteiger partial charge in [0.2, 0.25) is 5.91 Å². The molecule has 0 aliphatic rings. The van der Waals surface area contributed by atoms with E-state index in [4.69, 9.17) is 10.5 Å². The predicted octanol–water partition coefficient (Wildman–Crippen LogP) is 0.317. The predicted molar refractivity (Wildman–Crippen MR) is 84.2 cm³/mol. The average Bonchev–Trinajstić information content (AvgIpc) is 2.23. The van der Waals surface area contributed by atoms with E-state index >= 15 is 0 Å². The van der Waals surface area contributed by atoms with Gasteiger partial charge < -0.3 is 21.1 Å². The molecule has 0 aliphatic carbocycles. The average molecular weight is 372 g/mol. The molecule has 0 radical (unpaired) electrons. The Morgan fingerprint density at radius 3 is 2.33 bits per heavy atom. The Kier molecular flexibility index (Phi) is 11.4. The van der Waals surface area contributed by atoms with Gasteiger partial charge in [-0.3, -0.25) is 9.79 Å². The second-order valence-corrected chi connectivity index (χ2v) is 4.69. The van der Waals surface area contributed by atoms with Crippen molar-refractivity contribution in [2.45, 2.75) is 20.8 Å². The maximum atomic E-state index is 11.5. The molecule has 4 N–H and O–H groups in total. The fraction of sp³-hybridized carbons (Fsp3) is 0.818. The Hall–Kier alpha value is -0.570. The number of hydrogen-bond donors (Lipinski definition) is 3. The van der Waals surface area contributed by atoms with Crippen LogP contribution in [0.25, 0.3) is 0 Å². The van der Waals surface area contributed by atoms with E-state index in [0.29, 0.717) is 32.2 Å². The van der Waals surface area contributed by atoms with Gasteiger partial charge in [0.1, 0.15) is 0 Å². The van der Waals surface area contributed by atoms with Gasteiger partial charge in [0, 0.05) is 25.6 Å². The highest BCUT2D eigenvalue weighted by molar-refractivity contribution is 14.0. The largest absolute Gasteiger partial charge is 0.383 e. The van der Waals surface area contributed by atoms with Gasteiger partial charge in [-0.05, 0) is 0 Å². The molecule has 0 rings (SSSR count). The second-order valence-electron chi connectivity index (χ2n) is 4.69. The molecule has 0 spiro atoms. The van der Waals surface area contributed by atoms with Gasteiger partial charge in [0.25, 0.3) is 0 Å². The summed E-state index contributed by atoms with van der Waals surface area (Å²) in [5.74, 6) is 0.390. The Morgan fingerprint density at radius 1 is 1.28 bits per heavy atom. The van der Waals surface area contributed by atoms with Gasteiger partial charge in [-0.2, -0.15) is 0 Å². The second kappa shape index (κ2) is 10.4. The Labute approximate surface area is 126 Å². The van der Waals surface area contributed by atoms with Crippen molar-refractivity contribution in [1.29, 1.82) is 0 Å². The van der Waals surface area contributed by atoms with Crippen LogP contribution in [0.2, 0.25) is 0 Å². The number of methoxy groups -OCH3 is 1. The van der Waals surface area contributed by atoms with E-state index in [1.54, 1.807) is 7.11 Å². The molecule has 18 heavy (non-hydrogen) atoms. The van der Waals surface area contributed by atoms with E-state index in [0.717, 1.165) is 0 Å². The SMILES string of the molecule is COCCN=C(N)NCCNC(=O)C(C)(C)C.I. The van der Waals surface area contributed by atoms with Gasteiger partial charge in [0.15, 0.2) is 5.96 Å². The first kappa shape index (κ1) is 19.8. The van der Waals surface area contributed by atoms with E-state index in [1.807, 2.05) is 20.8 Å². The zero-order valence-corrected chi connectivity index (χ0v) is 13.9. The first-order chi connectivity index (χ1) is 7.88. The molecule has 0 aromatic carbocycles. The molecule has 0 fully saturated rings. The van der Waals surface area contributed by atoms with Crippen LogP contribution in [0.4, 0.5) is 0 Å². The number of hydrogen-bond acceptors (Lipinski definition) is 3. The fourth-order valence-corrected chi connectivity index (χ4v) is 0.945. The minimum Gasteiger partial charge on any atom is -0.383 e. The molecule has 0 saturated carbocycles. The number of nitrogens with two attached hydrogens (primary N) is 1. The molecule has 0 bridgehead atoms. The van der Waals surface area contributed by atoms with Crippen molar-refractivity contribution in [3.63, 3.8) is 0 Å². The summed E-state index contributed by atoms with van der Waals surface area (Å²) in [7, 11) is 1.61. The van der Waals surface area contributed by atoms with Crippen molar-refractivity contribution in [2.75, 3.05) is 33.4 Å². The molecule has 0 heterocycles. The Morgan fingerprint density at radius 2 is 1.83 bits per heavy atom. The van der Waals surface area contributed by atoms with Gasteiger partial charge in [-0.1, -0.05) is 20.8 Å². The van der Waals surface area contributed by atoms with Crippen LogP contribution < -0.4 is 16.4 Å². The van der Waals surface area contributed by atoms with Gasteiger partial charge in [0.05, 0.1) is 13.2 Å². The lowest BCUT2D eigenvalue weighted by Crippen LogP contribution is -2.41. The number of nitrogens with one attached hydrogen (secondary N) is 2. The number of guanidine groups is 1. The molecule has 0 aromatic heterocycles. The molecule has 0 saturated heterocycles. The molecular weight excluding hydrogens is 347 g/mol. The minimum atomic E-state index is -0.363. The summed E-state index contributed by atoms with van der Waals surface area (Å²) in [6.45, 7) is 7.77. The maximum absolute atomic E-state index is 11.5. The number of ether oxygens (including phenoxy) is 1. The number of halogens is 1. The first-order valence-corrected chi connectivity index (χ1v) is 5.69. The molecule has 1 amide bonds. The number of carbonyl (C=O) groups excluding carboxylic acids is 1. The summed E-state index contributed by atoms with van der Waals surface area (Å²) in [5.41, 5.74) is 5.22. The maximum Gasteiger partial charge on any atom is 0.225 e. The lowest BCUT2D eigenvalue weighted by molar-refractivity contribution is -0.128. The van der Waals surface area contributed by atoms with Gasteiger partial charge >= 0.3 is 0 Å². The molecular formula is C11H25IN4O2. The fourth-order valence-electron chi connectivity index (χ4n) is 0.945. The van der Waals surface area contributed by atoms with Crippen LogP contribution in [-0.4, -0.2) is 45.2 Å². The smallest absolute Gasteiger partial charge is 0.225 e. The summed E-state index contributed by atoms with van der Waals surface area (Å²) in [4.78, 5) is 15.5. The summed E-state index contributed by atoms with van der Waals surface area (Å²) in [6.07, 6.45) is 0. The van der Waals surface area contributed by atoms with Crippen molar-refractivity contribution in [1.82, 2.24) is 10.6 Å². The van der Waals surface area contributed by atoms with Crippen LogP contribution in [0.15, 0.2) is 4.99 Å². The summed E-state index contributed by atoms with van der Waals surface area (Å²) in [5, 5.41) is 5.71. The van der Waals surface area contributed by atoms with Crippen LogP contribution in [0, 0.1) is 5.41 Å². The molecule has 0 atom stereocenters. The zero-order valence-electron chi connectivity index (χ0n) is 11.6. The zero-order chi connectivity index (χ0) is 13.3. The Bertz CT molecular complexity index is 264. The number of rotatable bonds is 6. The van der Waals surface area contributed by atoms with Crippen LogP contribution in [0.5, 0.6) is 0 Å². The molecule has 6 nitrogen and oxygen atoms in total. The van der Waals surface area contributed by atoms with Crippen LogP contribution >= 0.6 is 24.0 Å². The molecule has 0 unspecified atom stereocenters. The summed E-state index contributed by atoms with van der Waals surface area (Å²) < 4.78 is 4.84. The van der Waals surface area contributed by atoms with E-state index in [2.05, 4.69) is 15.6 Å². The standard InChI is InChI=1S/C11H24N4O2.HI/c1-11(2,3)9(16)13-5-6-14-10(12)15-7-8-17-4;/h5-8H2,1-4H3,(H,13,16)(H3,12,14,15);1H. The highest BCUT2D eigenvalue weighted by atomic mass is 127. The molecule has 108 valence electrons. The number of amides is 1. The van der Waals surface area contributed by atoms with Gasteiger partial charge in [-0.15, -0.1) is 24.0 Å². The number of aliphatic imine (C=N–C) groups is 1. The van der Waals surface area contributed by atoms with Crippen molar-refractivity contribution in [3.05, 3.63) is 0 Å². The third-order valence-electron chi connectivity index (χ3n) is 1.98. The first-order valence-electron chi connectivity index (χ1n) is 5.69. The normalized spacial score (nSPS) is 11.7. The minimum absolute atomic E-state index is 0. The van der Waals surface area contributed by atoms with Crippen LogP contribution in [-0.2, 0) is 9.53 Å². The van der Waals surface area contributed by atoms with E-state index in [-0.39, 0.29) is 35.3 Å².